The van der Waals surface area contributed by atoms with Crippen molar-refractivity contribution in [3.8, 4) is 5.75 Å². The molecule has 0 bridgehead atoms. The van der Waals surface area contributed by atoms with Crippen LogP contribution in [0.25, 0.3) is 0 Å². The first-order chi connectivity index (χ1) is 12.2. The zero-order chi connectivity index (χ0) is 17.5. The fraction of sp³-hybridized carbons (Fsp3) is 0.294. The molecule has 3 rings (SSSR count). The number of hydrogen-bond acceptors (Lipinski definition) is 7. The van der Waals surface area contributed by atoms with Gasteiger partial charge in [-0.05, 0) is 30.7 Å². The Kier molecular flexibility index (Phi) is 6.08. The standard InChI is InChI=1S/C17H18N4O2S2/c1-2-3-4-15-20-21-17(25-15)19-16(22)12-5-7-14(8-6-12)23-9-13-10-24-11-18-13/h5-8,10-11H,2-4,9H2,1H3,(H,19,21,22). The van der Waals surface area contributed by atoms with Crippen molar-refractivity contribution in [2.75, 3.05) is 5.32 Å². The van der Waals surface area contributed by atoms with E-state index in [1.54, 1.807) is 29.8 Å². The molecule has 0 atom stereocenters. The van der Waals surface area contributed by atoms with Gasteiger partial charge in [-0.25, -0.2) is 4.98 Å². The number of hydrogen-bond donors (Lipinski definition) is 1. The summed E-state index contributed by atoms with van der Waals surface area (Å²) in [4.78, 5) is 16.4. The summed E-state index contributed by atoms with van der Waals surface area (Å²) in [5.41, 5.74) is 3.21. The molecule has 0 spiro atoms. The molecule has 0 aliphatic carbocycles. The van der Waals surface area contributed by atoms with Gasteiger partial charge in [-0.15, -0.1) is 21.5 Å². The smallest absolute Gasteiger partial charge is 0.257 e. The molecule has 0 saturated heterocycles. The zero-order valence-electron chi connectivity index (χ0n) is 13.8. The molecule has 1 amide bonds. The number of thiazole rings is 1. The van der Waals surface area contributed by atoms with Crippen LogP contribution in [0.15, 0.2) is 35.2 Å². The number of unbranched alkanes of at least 4 members (excludes halogenated alkanes) is 1. The first-order valence-corrected chi connectivity index (χ1v) is 9.74. The lowest BCUT2D eigenvalue weighted by Crippen LogP contribution is -2.11. The summed E-state index contributed by atoms with van der Waals surface area (Å²) >= 11 is 2.95. The van der Waals surface area contributed by atoms with Gasteiger partial charge in [-0.2, -0.15) is 0 Å². The van der Waals surface area contributed by atoms with Gasteiger partial charge in [0, 0.05) is 17.4 Å². The van der Waals surface area contributed by atoms with E-state index in [-0.39, 0.29) is 5.91 Å². The summed E-state index contributed by atoms with van der Waals surface area (Å²) in [5.74, 6) is 0.492. The molecule has 0 unspecified atom stereocenters. The molecule has 2 heterocycles. The van der Waals surface area contributed by atoms with E-state index >= 15 is 0 Å². The fourth-order valence-electron chi connectivity index (χ4n) is 2.07. The van der Waals surface area contributed by atoms with Gasteiger partial charge < -0.3 is 4.74 Å². The number of anilines is 1. The number of nitrogens with zero attached hydrogens (tertiary/aromatic N) is 3. The van der Waals surface area contributed by atoms with Gasteiger partial charge in [-0.1, -0.05) is 24.7 Å². The highest BCUT2D eigenvalue weighted by atomic mass is 32.1. The largest absolute Gasteiger partial charge is 0.487 e. The summed E-state index contributed by atoms with van der Waals surface area (Å²) < 4.78 is 5.64. The second-order valence-electron chi connectivity index (χ2n) is 5.35. The predicted molar refractivity (Wildman–Crippen MR) is 99.4 cm³/mol. The van der Waals surface area contributed by atoms with Crippen molar-refractivity contribution in [2.24, 2.45) is 0 Å². The highest BCUT2D eigenvalue weighted by Gasteiger charge is 2.10. The van der Waals surface area contributed by atoms with Crippen molar-refractivity contribution in [1.82, 2.24) is 15.2 Å². The van der Waals surface area contributed by atoms with Crippen molar-refractivity contribution >= 4 is 33.7 Å². The van der Waals surface area contributed by atoms with Crippen molar-refractivity contribution < 1.29 is 9.53 Å². The molecular formula is C17H18N4O2S2. The molecule has 130 valence electrons. The highest BCUT2D eigenvalue weighted by molar-refractivity contribution is 7.15. The number of aryl methyl sites for hydroxylation is 1. The van der Waals surface area contributed by atoms with Crippen LogP contribution >= 0.6 is 22.7 Å². The molecular weight excluding hydrogens is 356 g/mol. The van der Waals surface area contributed by atoms with Gasteiger partial charge in [0.2, 0.25) is 5.13 Å². The lowest BCUT2D eigenvalue weighted by molar-refractivity contribution is 0.102. The topological polar surface area (TPSA) is 77.0 Å². The van der Waals surface area contributed by atoms with Crippen molar-refractivity contribution in [1.29, 1.82) is 0 Å². The number of aromatic nitrogens is 3. The minimum Gasteiger partial charge on any atom is -0.487 e. The van der Waals surface area contributed by atoms with E-state index in [1.165, 1.54) is 22.7 Å². The van der Waals surface area contributed by atoms with E-state index in [2.05, 4.69) is 27.4 Å². The van der Waals surface area contributed by atoms with Crippen LogP contribution in [0.4, 0.5) is 5.13 Å². The molecule has 1 aromatic carbocycles. The SMILES string of the molecule is CCCCc1nnc(NC(=O)c2ccc(OCc3cscn3)cc2)s1. The van der Waals surface area contributed by atoms with E-state index in [1.807, 2.05) is 5.38 Å². The Bertz CT molecular complexity index is 800. The van der Waals surface area contributed by atoms with Gasteiger partial charge >= 0.3 is 0 Å². The molecule has 0 aliphatic heterocycles. The number of nitrogens with one attached hydrogen (secondary N) is 1. The molecule has 0 aliphatic rings. The Balaban J connectivity index is 1.54. The number of ether oxygens (including phenoxy) is 1. The second-order valence-corrected chi connectivity index (χ2v) is 7.13. The van der Waals surface area contributed by atoms with Crippen LogP contribution in [-0.2, 0) is 13.0 Å². The average molecular weight is 374 g/mol. The maximum atomic E-state index is 12.3. The zero-order valence-corrected chi connectivity index (χ0v) is 15.4. The molecule has 0 radical (unpaired) electrons. The Labute approximate surface area is 153 Å². The van der Waals surface area contributed by atoms with E-state index in [4.69, 9.17) is 4.74 Å². The van der Waals surface area contributed by atoms with Crippen molar-refractivity contribution in [2.45, 2.75) is 32.8 Å². The van der Waals surface area contributed by atoms with Crippen LogP contribution in [0.1, 0.15) is 40.8 Å². The van der Waals surface area contributed by atoms with Crippen LogP contribution in [0.3, 0.4) is 0 Å². The first-order valence-electron chi connectivity index (χ1n) is 7.98. The summed E-state index contributed by atoms with van der Waals surface area (Å²) in [7, 11) is 0. The lowest BCUT2D eigenvalue weighted by Gasteiger charge is -2.05. The number of benzene rings is 1. The first kappa shape index (κ1) is 17.5. The third kappa shape index (κ3) is 5.07. The quantitative estimate of drug-likeness (QED) is 0.640. The third-order valence-electron chi connectivity index (χ3n) is 3.42. The van der Waals surface area contributed by atoms with E-state index in [0.717, 1.165) is 30.0 Å². The number of amides is 1. The summed E-state index contributed by atoms with van der Waals surface area (Å²) in [5, 5.41) is 14.3. The average Bonchev–Trinajstić information content (AvgIpc) is 3.30. The van der Waals surface area contributed by atoms with Crippen LogP contribution in [0.2, 0.25) is 0 Å². The molecule has 0 fully saturated rings. The molecule has 6 nitrogen and oxygen atoms in total. The highest BCUT2D eigenvalue weighted by Crippen LogP contribution is 2.19. The van der Waals surface area contributed by atoms with Gasteiger partial charge in [0.1, 0.15) is 17.4 Å². The maximum Gasteiger partial charge on any atom is 0.257 e. The van der Waals surface area contributed by atoms with E-state index < -0.39 is 0 Å². The Hall–Kier alpha value is -2.32. The summed E-state index contributed by atoms with van der Waals surface area (Å²) in [6.07, 6.45) is 3.08. The number of rotatable bonds is 8. The van der Waals surface area contributed by atoms with Crippen LogP contribution in [0, 0.1) is 0 Å². The second kappa shape index (κ2) is 8.68. The fourth-order valence-corrected chi connectivity index (χ4v) is 3.39. The monoisotopic (exact) mass is 374 g/mol. The molecule has 8 heteroatoms. The predicted octanol–water partition coefficient (Wildman–Crippen LogP) is 4.17. The molecule has 1 N–H and O–H groups in total. The van der Waals surface area contributed by atoms with Crippen LogP contribution in [0.5, 0.6) is 5.75 Å². The van der Waals surface area contributed by atoms with Gasteiger partial charge in [0.15, 0.2) is 0 Å². The minimum atomic E-state index is -0.204. The number of carbonyl (C=O) groups excluding carboxylic acids is 1. The van der Waals surface area contributed by atoms with Gasteiger partial charge in [0.25, 0.3) is 5.91 Å². The van der Waals surface area contributed by atoms with Crippen LogP contribution < -0.4 is 10.1 Å². The molecule has 2 aromatic heterocycles. The summed E-state index contributed by atoms with van der Waals surface area (Å²) in [6, 6.07) is 7.00. The van der Waals surface area contributed by atoms with Crippen LogP contribution in [-0.4, -0.2) is 21.1 Å². The Morgan fingerprint density at radius 1 is 1.24 bits per heavy atom. The molecule has 0 saturated carbocycles. The molecule has 25 heavy (non-hydrogen) atoms. The van der Waals surface area contributed by atoms with E-state index in [9.17, 15) is 4.79 Å². The van der Waals surface area contributed by atoms with Crippen molar-refractivity contribution in [3.63, 3.8) is 0 Å². The Morgan fingerprint density at radius 3 is 2.80 bits per heavy atom. The van der Waals surface area contributed by atoms with E-state index in [0.29, 0.717) is 23.1 Å². The lowest BCUT2D eigenvalue weighted by atomic mass is 10.2. The Morgan fingerprint density at radius 2 is 2.08 bits per heavy atom. The van der Waals surface area contributed by atoms with Crippen molar-refractivity contribution in [3.05, 3.63) is 51.4 Å². The van der Waals surface area contributed by atoms with Gasteiger partial charge in [-0.3, -0.25) is 10.1 Å². The molecule has 3 aromatic rings. The van der Waals surface area contributed by atoms with Gasteiger partial charge in [0.05, 0.1) is 11.2 Å². The maximum absolute atomic E-state index is 12.3. The number of carbonyl (C=O) groups is 1. The minimum absolute atomic E-state index is 0.204. The normalized spacial score (nSPS) is 10.6. The summed E-state index contributed by atoms with van der Waals surface area (Å²) in [6.45, 7) is 2.55. The third-order valence-corrected chi connectivity index (χ3v) is 4.95.